The predicted molar refractivity (Wildman–Crippen MR) is 150 cm³/mol. The van der Waals surface area contributed by atoms with Crippen molar-refractivity contribution in [3.05, 3.63) is 95.3 Å². The largest absolute Gasteiger partial charge is 0.362 e. The maximum Gasteiger partial charge on any atom is 0.287 e. The monoisotopic (exact) mass is 499 g/mol. The van der Waals surface area contributed by atoms with Gasteiger partial charge < -0.3 is 9.84 Å². The summed E-state index contributed by atoms with van der Waals surface area (Å²) in [5, 5.41) is 16.8. The third-order valence-electron chi connectivity index (χ3n) is 9.49. The van der Waals surface area contributed by atoms with Crippen LogP contribution in [0.15, 0.2) is 73.1 Å². The van der Waals surface area contributed by atoms with Gasteiger partial charge in [-0.05, 0) is 61.3 Å². The summed E-state index contributed by atoms with van der Waals surface area (Å²) in [5.74, 6) is -1.04. The first-order chi connectivity index (χ1) is 18.3. The van der Waals surface area contributed by atoms with E-state index in [-0.39, 0.29) is 17.4 Å². The van der Waals surface area contributed by atoms with Gasteiger partial charge in [0.05, 0.1) is 11.5 Å². The molecule has 188 valence electrons. The van der Waals surface area contributed by atoms with E-state index in [2.05, 4.69) is 99.0 Å². The molecule has 0 bridgehead atoms. The molecule has 1 N–H and O–H groups in total. The van der Waals surface area contributed by atoms with Crippen molar-refractivity contribution in [2.24, 2.45) is 0 Å². The minimum absolute atomic E-state index is 0.140. The first-order valence-corrected chi connectivity index (χ1v) is 13.6. The van der Waals surface area contributed by atoms with Crippen molar-refractivity contribution in [1.82, 2.24) is 4.98 Å². The number of methoxy groups -OCH3 is 1. The molecule has 0 saturated heterocycles. The van der Waals surface area contributed by atoms with Gasteiger partial charge in [0.1, 0.15) is 5.69 Å². The molecule has 3 unspecified atom stereocenters. The third kappa shape index (κ3) is 2.48. The highest BCUT2D eigenvalue weighted by Gasteiger charge is 2.74. The van der Waals surface area contributed by atoms with Gasteiger partial charge in [-0.3, -0.25) is 0 Å². The van der Waals surface area contributed by atoms with Gasteiger partial charge in [0.2, 0.25) is 5.79 Å². The molecule has 2 aliphatic carbocycles. The number of nitrogens with zero attached hydrogens (tertiary/aromatic N) is 2. The van der Waals surface area contributed by atoms with E-state index in [0.29, 0.717) is 5.92 Å². The summed E-state index contributed by atoms with van der Waals surface area (Å²) < 4.78 is 8.05. The average molecular weight is 500 g/mol. The van der Waals surface area contributed by atoms with Crippen LogP contribution in [0.2, 0.25) is 0 Å². The molecule has 4 nitrogen and oxygen atoms in total. The molecule has 0 radical (unpaired) electrons. The second-order valence-corrected chi connectivity index (χ2v) is 12.1. The molecule has 1 fully saturated rings. The number of aromatic nitrogens is 2. The Balaban J connectivity index is 1.53. The highest BCUT2D eigenvalue weighted by Crippen LogP contribution is 2.66. The van der Waals surface area contributed by atoms with Gasteiger partial charge in [0.25, 0.3) is 6.33 Å². The number of benzene rings is 4. The van der Waals surface area contributed by atoms with Crippen LogP contribution in [0.4, 0.5) is 0 Å². The maximum atomic E-state index is 11.8. The van der Waals surface area contributed by atoms with Crippen molar-refractivity contribution in [1.29, 1.82) is 0 Å². The zero-order valence-corrected chi connectivity index (χ0v) is 22.4. The molecule has 3 aliphatic rings. The topological polar surface area (TPSA) is 46.2 Å². The smallest absolute Gasteiger partial charge is 0.287 e. The van der Waals surface area contributed by atoms with Crippen LogP contribution >= 0.6 is 0 Å². The Bertz CT molecular complexity index is 1850. The van der Waals surface area contributed by atoms with Crippen LogP contribution in [-0.2, 0) is 10.2 Å². The predicted octanol–water partition coefficient (Wildman–Crippen LogP) is 6.76. The SMILES string of the molecule is COC1(O)C2c3c(cc(C(C)C)c4ccccc34)-c3c4c(nc[n+]3C21)-c1ccc2ccccc2c1C4(C)C. The fourth-order valence-corrected chi connectivity index (χ4v) is 7.77. The normalized spacial score (nSPS) is 23.7. The molecular formula is C34H31N2O2+. The van der Waals surface area contributed by atoms with Gasteiger partial charge in [0, 0.05) is 23.7 Å². The molecule has 1 saturated carbocycles. The highest BCUT2D eigenvalue weighted by molar-refractivity contribution is 6.00. The Kier molecular flexibility index (Phi) is 4.17. The number of rotatable bonds is 2. The highest BCUT2D eigenvalue weighted by atomic mass is 16.6. The zero-order chi connectivity index (χ0) is 26.1. The number of hydrogen-bond donors (Lipinski definition) is 1. The van der Waals surface area contributed by atoms with Crippen molar-refractivity contribution in [3.63, 3.8) is 0 Å². The summed E-state index contributed by atoms with van der Waals surface area (Å²) in [5.41, 5.74) is 9.44. The van der Waals surface area contributed by atoms with Crippen LogP contribution < -0.4 is 4.57 Å². The Morgan fingerprint density at radius 1 is 0.895 bits per heavy atom. The molecule has 8 rings (SSSR count). The average Bonchev–Trinajstić information content (AvgIpc) is 3.48. The maximum absolute atomic E-state index is 11.8. The Morgan fingerprint density at radius 2 is 1.61 bits per heavy atom. The summed E-state index contributed by atoms with van der Waals surface area (Å²) in [6.45, 7) is 9.19. The lowest BCUT2D eigenvalue weighted by molar-refractivity contribution is -0.705. The van der Waals surface area contributed by atoms with Crippen LogP contribution in [0.5, 0.6) is 0 Å². The Hall–Kier alpha value is -3.60. The molecule has 4 heteroatoms. The van der Waals surface area contributed by atoms with Crippen LogP contribution in [0.1, 0.15) is 67.8 Å². The molecule has 5 aromatic rings. The van der Waals surface area contributed by atoms with E-state index in [1.165, 1.54) is 54.9 Å². The van der Waals surface area contributed by atoms with Gasteiger partial charge in [-0.1, -0.05) is 82.3 Å². The van der Waals surface area contributed by atoms with E-state index in [9.17, 15) is 5.11 Å². The molecule has 0 spiro atoms. The molecule has 1 aromatic heterocycles. The van der Waals surface area contributed by atoms with Crippen LogP contribution in [-0.4, -0.2) is 23.0 Å². The van der Waals surface area contributed by atoms with Gasteiger partial charge in [0.15, 0.2) is 11.7 Å². The van der Waals surface area contributed by atoms with E-state index >= 15 is 0 Å². The summed E-state index contributed by atoms with van der Waals surface area (Å²) in [6, 6.07) is 24.0. The quantitative estimate of drug-likeness (QED) is 0.216. The zero-order valence-electron chi connectivity index (χ0n) is 22.4. The minimum atomic E-state index is -1.26. The Morgan fingerprint density at radius 3 is 2.34 bits per heavy atom. The molecule has 3 atom stereocenters. The fourth-order valence-electron chi connectivity index (χ4n) is 7.77. The second kappa shape index (κ2) is 7.07. The second-order valence-electron chi connectivity index (χ2n) is 12.1. The van der Waals surface area contributed by atoms with Crippen LogP contribution in [0, 0.1) is 0 Å². The van der Waals surface area contributed by atoms with E-state index in [1.54, 1.807) is 7.11 Å². The van der Waals surface area contributed by atoms with Crippen LogP contribution in [0.3, 0.4) is 0 Å². The summed E-state index contributed by atoms with van der Waals surface area (Å²) in [6.07, 6.45) is 1.94. The fraction of sp³-hybridized carbons (Fsp3) is 0.294. The molecule has 1 aliphatic heterocycles. The first-order valence-electron chi connectivity index (χ1n) is 13.6. The Labute approximate surface area is 222 Å². The van der Waals surface area contributed by atoms with Crippen molar-refractivity contribution in [2.45, 2.75) is 56.8 Å². The minimum Gasteiger partial charge on any atom is -0.362 e. The number of hydrogen-bond acceptors (Lipinski definition) is 3. The lowest BCUT2D eigenvalue weighted by atomic mass is 9.77. The first kappa shape index (κ1) is 22.4. The van der Waals surface area contributed by atoms with Crippen molar-refractivity contribution < 1.29 is 14.4 Å². The van der Waals surface area contributed by atoms with Gasteiger partial charge in [-0.2, -0.15) is 0 Å². The molecule has 2 heterocycles. The van der Waals surface area contributed by atoms with E-state index in [0.717, 1.165) is 11.4 Å². The van der Waals surface area contributed by atoms with Gasteiger partial charge >= 0.3 is 0 Å². The third-order valence-corrected chi connectivity index (χ3v) is 9.49. The molecule has 38 heavy (non-hydrogen) atoms. The summed E-state index contributed by atoms with van der Waals surface area (Å²) in [7, 11) is 1.62. The van der Waals surface area contributed by atoms with Crippen LogP contribution in [0.25, 0.3) is 44.1 Å². The van der Waals surface area contributed by atoms with E-state index in [4.69, 9.17) is 9.72 Å². The molecular weight excluding hydrogens is 468 g/mol. The van der Waals surface area contributed by atoms with Crippen molar-refractivity contribution >= 4 is 21.5 Å². The number of aliphatic hydroxyl groups is 1. The number of fused-ring (bicyclic) bond motifs is 14. The summed E-state index contributed by atoms with van der Waals surface area (Å²) >= 11 is 0. The van der Waals surface area contributed by atoms with Gasteiger partial charge in [-0.15, -0.1) is 0 Å². The summed E-state index contributed by atoms with van der Waals surface area (Å²) in [4.78, 5) is 5.08. The van der Waals surface area contributed by atoms with Gasteiger partial charge in [-0.25, -0.2) is 4.57 Å². The lowest BCUT2D eigenvalue weighted by Crippen LogP contribution is -2.43. The standard InChI is InChI=1S/C34H31N2O2/c1-18(2)24-16-25-26(22-13-9-8-12-21(22)24)28-32(34(28,37)38-5)36-17-35-30-23-15-14-19-10-6-7-11-20(19)27(23)33(3,4)29(30)31(25)36/h6-18,28,32,37H,1-5H3/q+1. The number of ether oxygens (including phenoxy) is 1. The van der Waals surface area contributed by atoms with Crippen molar-refractivity contribution in [3.8, 4) is 22.5 Å². The molecule has 0 amide bonds. The van der Waals surface area contributed by atoms with Crippen molar-refractivity contribution in [2.75, 3.05) is 7.11 Å². The molecule has 4 aromatic carbocycles. The lowest BCUT2D eigenvalue weighted by Gasteiger charge is -2.27. The van der Waals surface area contributed by atoms with E-state index < -0.39 is 5.79 Å². The van der Waals surface area contributed by atoms with E-state index in [1.807, 2.05) is 6.33 Å².